The van der Waals surface area contributed by atoms with Gasteiger partial charge in [0.1, 0.15) is 24.0 Å². The predicted molar refractivity (Wildman–Crippen MR) is 98.4 cm³/mol. The van der Waals surface area contributed by atoms with Crippen molar-refractivity contribution in [2.24, 2.45) is 5.92 Å². The van der Waals surface area contributed by atoms with Crippen molar-refractivity contribution >= 4 is 11.8 Å². The first-order valence-corrected chi connectivity index (χ1v) is 9.44. The summed E-state index contributed by atoms with van der Waals surface area (Å²) in [5.74, 6) is 0.810. The fourth-order valence-corrected chi connectivity index (χ4v) is 3.70. The second kappa shape index (κ2) is 7.89. The molecule has 2 aromatic heterocycles. The summed E-state index contributed by atoms with van der Waals surface area (Å²) >= 11 is 0. The van der Waals surface area contributed by atoms with Crippen LogP contribution in [0.5, 0.6) is 0 Å². The molecule has 146 valence electrons. The molecule has 1 fully saturated rings. The Labute approximate surface area is 158 Å². The van der Waals surface area contributed by atoms with Gasteiger partial charge < -0.3 is 14.8 Å². The van der Waals surface area contributed by atoms with E-state index in [0.717, 1.165) is 12.4 Å². The zero-order chi connectivity index (χ0) is 19.6. The van der Waals surface area contributed by atoms with Crippen LogP contribution in [-0.2, 0) is 22.7 Å². The molecule has 0 bridgehead atoms. The number of hydrogen-bond acceptors (Lipinski definition) is 5. The van der Waals surface area contributed by atoms with Gasteiger partial charge in [0.15, 0.2) is 0 Å². The van der Waals surface area contributed by atoms with Crippen LogP contribution in [-0.4, -0.2) is 47.6 Å². The van der Waals surface area contributed by atoms with Crippen LogP contribution in [0.15, 0.2) is 18.7 Å². The van der Waals surface area contributed by atoms with Crippen LogP contribution in [0.25, 0.3) is 0 Å². The molecule has 0 unspecified atom stereocenters. The maximum atomic E-state index is 12.9. The Morgan fingerprint density at radius 2 is 2.07 bits per heavy atom. The molecular formula is C18H27N7O2. The van der Waals surface area contributed by atoms with Gasteiger partial charge in [-0.15, -0.1) is 0 Å². The molecule has 1 saturated heterocycles. The van der Waals surface area contributed by atoms with Gasteiger partial charge in [-0.05, 0) is 27.7 Å². The van der Waals surface area contributed by atoms with Gasteiger partial charge in [-0.1, -0.05) is 0 Å². The number of nitrogens with one attached hydrogen (secondary N) is 1. The van der Waals surface area contributed by atoms with E-state index in [1.165, 1.54) is 6.33 Å². The molecule has 2 atom stereocenters. The lowest BCUT2D eigenvalue weighted by atomic mass is 9.98. The molecule has 1 aliphatic heterocycles. The van der Waals surface area contributed by atoms with E-state index < -0.39 is 5.92 Å². The van der Waals surface area contributed by atoms with E-state index >= 15 is 0 Å². The Morgan fingerprint density at radius 3 is 2.74 bits per heavy atom. The highest BCUT2D eigenvalue weighted by Gasteiger charge is 2.45. The quantitative estimate of drug-likeness (QED) is 0.789. The SMILES string of the molecule is CCN1C(=O)C[C@H](C(=O)NCc2ncnn2C(C)C)[C@H]1c1nccn1CC. The van der Waals surface area contributed by atoms with Crippen molar-refractivity contribution in [2.45, 2.75) is 59.3 Å². The molecule has 2 amide bonds. The number of carbonyl (C=O) groups excluding carboxylic acids is 2. The molecule has 1 aliphatic rings. The topological polar surface area (TPSA) is 97.9 Å². The second-order valence-corrected chi connectivity index (χ2v) is 6.94. The van der Waals surface area contributed by atoms with Crippen molar-refractivity contribution in [1.29, 1.82) is 0 Å². The summed E-state index contributed by atoms with van der Waals surface area (Å²) in [5.41, 5.74) is 0. The number of aryl methyl sites for hydroxylation is 1. The Balaban J connectivity index is 1.79. The van der Waals surface area contributed by atoms with Crippen LogP contribution in [0.2, 0.25) is 0 Å². The lowest BCUT2D eigenvalue weighted by Crippen LogP contribution is -2.37. The number of aromatic nitrogens is 5. The number of nitrogens with zero attached hydrogens (tertiary/aromatic N) is 6. The maximum Gasteiger partial charge on any atom is 0.226 e. The first kappa shape index (κ1) is 19.1. The van der Waals surface area contributed by atoms with Crippen LogP contribution >= 0.6 is 0 Å². The number of rotatable bonds is 7. The molecule has 0 spiro atoms. The van der Waals surface area contributed by atoms with Crippen LogP contribution in [0, 0.1) is 5.92 Å². The summed E-state index contributed by atoms with van der Waals surface area (Å²) in [4.78, 5) is 35.8. The summed E-state index contributed by atoms with van der Waals surface area (Å²) < 4.78 is 3.77. The first-order valence-electron chi connectivity index (χ1n) is 9.44. The highest BCUT2D eigenvalue weighted by Crippen LogP contribution is 2.37. The fraction of sp³-hybridized carbons (Fsp3) is 0.611. The summed E-state index contributed by atoms with van der Waals surface area (Å²) in [6, 6.07) is -0.187. The maximum absolute atomic E-state index is 12.9. The molecule has 27 heavy (non-hydrogen) atoms. The Bertz CT molecular complexity index is 810. The number of amides is 2. The minimum Gasteiger partial charge on any atom is -0.348 e. The Hall–Kier alpha value is -2.71. The second-order valence-electron chi connectivity index (χ2n) is 6.94. The molecule has 9 nitrogen and oxygen atoms in total. The van der Waals surface area contributed by atoms with E-state index in [4.69, 9.17) is 0 Å². The van der Waals surface area contributed by atoms with Crippen molar-refractivity contribution < 1.29 is 9.59 Å². The average Bonchev–Trinajstić information content (AvgIpc) is 3.36. The molecule has 1 N–H and O–H groups in total. The Kier molecular flexibility index (Phi) is 5.57. The minimum atomic E-state index is -0.472. The molecule has 0 radical (unpaired) electrons. The number of likely N-dealkylation sites (tertiary alicyclic amines) is 1. The van der Waals surface area contributed by atoms with Gasteiger partial charge in [0.2, 0.25) is 11.8 Å². The molecule has 9 heteroatoms. The zero-order valence-corrected chi connectivity index (χ0v) is 16.3. The minimum absolute atomic E-state index is 0.0151. The average molecular weight is 373 g/mol. The number of hydrogen-bond donors (Lipinski definition) is 1. The summed E-state index contributed by atoms with van der Waals surface area (Å²) in [6.07, 6.45) is 5.28. The molecular weight excluding hydrogens is 346 g/mol. The first-order chi connectivity index (χ1) is 13.0. The smallest absolute Gasteiger partial charge is 0.226 e. The summed E-state index contributed by atoms with van der Waals surface area (Å²) in [7, 11) is 0. The molecule has 0 saturated carbocycles. The summed E-state index contributed by atoms with van der Waals surface area (Å²) in [5, 5.41) is 7.12. The van der Waals surface area contributed by atoms with Crippen molar-refractivity contribution in [3.8, 4) is 0 Å². The third kappa shape index (κ3) is 3.58. The lowest BCUT2D eigenvalue weighted by Gasteiger charge is -2.26. The number of carbonyl (C=O) groups is 2. The van der Waals surface area contributed by atoms with Gasteiger partial charge in [-0.3, -0.25) is 9.59 Å². The van der Waals surface area contributed by atoms with E-state index in [1.807, 2.05) is 38.5 Å². The van der Waals surface area contributed by atoms with Crippen LogP contribution in [0.4, 0.5) is 0 Å². The molecule has 0 aromatic carbocycles. The zero-order valence-electron chi connectivity index (χ0n) is 16.3. The molecule has 2 aromatic rings. The third-order valence-corrected chi connectivity index (χ3v) is 5.02. The predicted octanol–water partition coefficient (Wildman–Crippen LogP) is 1.30. The monoisotopic (exact) mass is 373 g/mol. The van der Waals surface area contributed by atoms with Crippen molar-refractivity contribution in [2.75, 3.05) is 6.54 Å². The van der Waals surface area contributed by atoms with Crippen molar-refractivity contribution in [1.82, 2.24) is 34.5 Å². The largest absolute Gasteiger partial charge is 0.348 e. The van der Waals surface area contributed by atoms with Gasteiger partial charge in [-0.25, -0.2) is 14.6 Å². The third-order valence-electron chi connectivity index (χ3n) is 5.02. The van der Waals surface area contributed by atoms with Crippen LogP contribution in [0.3, 0.4) is 0 Å². The van der Waals surface area contributed by atoms with E-state index in [9.17, 15) is 9.59 Å². The van der Waals surface area contributed by atoms with Crippen LogP contribution < -0.4 is 5.32 Å². The molecule has 3 heterocycles. The normalized spacial score (nSPS) is 19.9. The Morgan fingerprint density at radius 1 is 1.30 bits per heavy atom. The van der Waals surface area contributed by atoms with Gasteiger partial charge in [0, 0.05) is 37.9 Å². The van der Waals surface area contributed by atoms with Crippen molar-refractivity contribution in [3.63, 3.8) is 0 Å². The molecule has 3 rings (SSSR count). The van der Waals surface area contributed by atoms with E-state index in [2.05, 4.69) is 20.4 Å². The van der Waals surface area contributed by atoms with Gasteiger partial charge in [-0.2, -0.15) is 5.10 Å². The fourth-order valence-electron chi connectivity index (χ4n) is 3.70. The van der Waals surface area contributed by atoms with Gasteiger partial charge in [0.05, 0.1) is 12.5 Å². The molecule has 0 aliphatic carbocycles. The van der Waals surface area contributed by atoms with E-state index in [0.29, 0.717) is 12.4 Å². The lowest BCUT2D eigenvalue weighted by molar-refractivity contribution is -0.129. The van der Waals surface area contributed by atoms with Crippen molar-refractivity contribution in [3.05, 3.63) is 30.4 Å². The standard InChI is InChI=1S/C18H27N7O2/c1-5-23-8-7-19-17(23)16-13(9-15(26)24(16)6-2)18(27)20-10-14-21-11-22-25(14)12(3)4/h7-8,11-13,16H,5-6,9-10H2,1-4H3,(H,20,27)/t13-,16-/m0/s1. The van der Waals surface area contributed by atoms with E-state index in [-0.39, 0.29) is 36.9 Å². The highest BCUT2D eigenvalue weighted by atomic mass is 16.2. The van der Waals surface area contributed by atoms with Gasteiger partial charge >= 0.3 is 0 Å². The number of imidazole rings is 1. The highest BCUT2D eigenvalue weighted by molar-refractivity contribution is 5.90. The summed E-state index contributed by atoms with van der Waals surface area (Å²) in [6.45, 7) is 9.53. The van der Waals surface area contributed by atoms with Crippen LogP contribution in [0.1, 0.15) is 57.8 Å². The van der Waals surface area contributed by atoms with Gasteiger partial charge in [0.25, 0.3) is 0 Å². The van der Waals surface area contributed by atoms with E-state index in [1.54, 1.807) is 15.8 Å².